The van der Waals surface area contributed by atoms with Gasteiger partial charge < -0.3 is 9.47 Å². The Bertz CT molecular complexity index is 1650. The molecular weight excluding hydrogens is 580 g/mol. The highest BCUT2D eigenvalue weighted by Gasteiger charge is 2.47. The number of allylic oxidation sites excluding steroid dienone is 3. The fourth-order valence-corrected chi connectivity index (χ4v) is 4.51. The summed E-state index contributed by atoms with van der Waals surface area (Å²) >= 11 is 0. The molecule has 4 rings (SSSR count). The van der Waals surface area contributed by atoms with Crippen molar-refractivity contribution in [2.24, 2.45) is 4.99 Å². The molecule has 2 aromatic rings. The van der Waals surface area contributed by atoms with Crippen molar-refractivity contribution < 1.29 is 54.2 Å². The Labute approximate surface area is 232 Å². The van der Waals surface area contributed by atoms with Gasteiger partial charge in [0.15, 0.2) is 5.57 Å². The molecule has 220 valence electrons. The van der Waals surface area contributed by atoms with Gasteiger partial charge in [0.2, 0.25) is 0 Å². The van der Waals surface area contributed by atoms with Gasteiger partial charge in [-0.3, -0.25) is 5.41 Å². The highest BCUT2D eigenvalue weighted by Crippen LogP contribution is 2.45. The summed E-state index contributed by atoms with van der Waals surface area (Å²) in [4.78, 5) is 28.9. The summed E-state index contributed by atoms with van der Waals surface area (Å²) in [6.07, 6.45) is -10.0. The number of carbonyl (C=O) groups excluding carboxylic acids is 2. The molecule has 0 radical (unpaired) electrons. The normalized spacial score (nSPS) is 18.0. The van der Waals surface area contributed by atoms with Gasteiger partial charge in [-0.05, 0) is 67.4 Å². The molecule has 0 heterocycles. The minimum Gasteiger partial charge on any atom is -0.462 e. The van der Waals surface area contributed by atoms with E-state index in [4.69, 9.17) is 5.41 Å². The Balaban J connectivity index is 2.10. The monoisotopic (exact) mass is 598 g/mol. The lowest BCUT2D eigenvalue weighted by Crippen LogP contribution is -2.26. The van der Waals surface area contributed by atoms with Crippen LogP contribution in [0.25, 0.3) is 16.8 Å². The van der Waals surface area contributed by atoms with E-state index in [9.17, 15) is 44.7 Å². The molecule has 0 spiro atoms. The first kappa shape index (κ1) is 30.3. The Morgan fingerprint density at radius 3 is 1.79 bits per heavy atom. The molecule has 0 saturated carbocycles. The minimum atomic E-state index is -5.40. The number of hydrogen-bond acceptors (Lipinski definition) is 6. The van der Waals surface area contributed by atoms with Crippen LogP contribution in [0.2, 0.25) is 0 Å². The highest BCUT2D eigenvalue weighted by molar-refractivity contribution is 6.67. The topological polar surface area (TPSA) is 88.8 Å². The van der Waals surface area contributed by atoms with E-state index >= 15 is 0 Å². The first-order valence-electron chi connectivity index (χ1n) is 12.1. The number of benzene rings is 2. The van der Waals surface area contributed by atoms with Gasteiger partial charge in [0.1, 0.15) is 17.2 Å². The second kappa shape index (κ2) is 11.0. The van der Waals surface area contributed by atoms with Crippen LogP contribution in [0.15, 0.2) is 58.6 Å². The molecule has 1 N–H and O–H groups in total. The van der Waals surface area contributed by atoms with Crippen LogP contribution < -0.4 is 0 Å². The van der Waals surface area contributed by atoms with Crippen LogP contribution in [0, 0.1) is 17.0 Å². The van der Waals surface area contributed by atoms with Crippen molar-refractivity contribution >= 4 is 40.2 Å². The van der Waals surface area contributed by atoms with Gasteiger partial charge in [-0.1, -0.05) is 0 Å². The van der Waals surface area contributed by atoms with E-state index in [1.165, 1.54) is 13.8 Å². The minimum absolute atomic E-state index is 0.232. The van der Waals surface area contributed by atoms with E-state index in [-0.39, 0.29) is 11.1 Å². The van der Waals surface area contributed by atoms with Gasteiger partial charge in [0, 0.05) is 22.3 Å². The molecule has 0 saturated heterocycles. The number of hydrogen-bond donors (Lipinski definition) is 1. The Kier molecular flexibility index (Phi) is 7.94. The van der Waals surface area contributed by atoms with Crippen molar-refractivity contribution in [1.82, 2.24) is 0 Å². The first-order valence-corrected chi connectivity index (χ1v) is 12.1. The summed E-state index contributed by atoms with van der Waals surface area (Å²) in [5, 5.41) is 8.51. The Morgan fingerprint density at radius 2 is 1.26 bits per heavy atom. The third-order valence-electron chi connectivity index (χ3n) is 6.10. The highest BCUT2D eigenvalue weighted by atomic mass is 19.4. The van der Waals surface area contributed by atoms with Crippen molar-refractivity contribution in [3.63, 3.8) is 0 Å². The molecule has 0 aliphatic heterocycles. The van der Waals surface area contributed by atoms with Gasteiger partial charge >= 0.3 is 24.3 Å². The molecule has 0 fully saturated rings. The maximum Gasteiger partial charge on any atom is 0.424 e. The van der Waals surface area contributed by atoms with Crippen molar-refractivity contribution in [2.45, 2.75) is 26.2 Å². The van der Waals surface area contributed by atoms with Gasteiger partial charge in [-0.25, -0.2) is 23.4 Å². The molecular formula is C28H18F8N2O4. The second-order valence-corrected chi connectivity index (χ2v) is 8.72. The molecule has 2 aliphatic rings. The second-order valence-electron chi connectivity index (χ2n) is 8.72. The molecule has 6 nitrogen and oxygen atoms in total. The van der Waals surface area contributed by atoms with Crippen LogP contribution in [0.3, 0.4) is 0 Å². The first-order chi connectivity index (χ1) is 19.6. The number of carbonyl (C=O) groups is 2. The quantitative estimate of drug-likeness (QED) is 0.239. The molecule has 0 aromatic heterocycles. The summed E-state index contributed by atoms with van der Waals surface area (Å²) in [5.41, 5.74) is -9.22. The SMILES string of the molecule is CCOC(=O)/C(=C1\C=C(N=C2C(=N)c3ccc(F)cc3/C2=C(\C(=O)OCC)C(F)(F)F)c2ccc(F)cc21)C(F)(F)F. The number of nitrogens with zero attached hydrogens (tertiary/aromatic N) is 1. The van der Waals surface area contributed by atoms with E-state index in [0.717, 1.165) is 24.3 Å². The van der Waals surface area contributed by atoms with E-state index in [0.29, 0.717) is 18.2 Å². The maximum absolute atomic E-state index is 14.3. The van der Waals surface area contributed by atoms with Crippen molar-refractivity contribution in [1.29, 1.82) is 5.41 Å². The number of alkyl halides is 6. The third-order valence-corrected chi connectivity index (χ3v) is 6.10. The molecule has 0 atom stereocenters. The van der Waals surface area contributed by atoms with Crippen LogP contribution in [-0.2, 0) is 19.1 Å². The number of nitrogens with one attached hydrogen (secondary N) is 1. The Morgan fingerprint density at radius 1 is 0.762 bits per heavy atom. The maximum atomic E-state index is 14.3. The van der Waals surface area contributed by atoms with E-state index < -0.39 is 99.7 Å². The Hall–Kier alpha value is -4.62. The third kappa shape index (κ3) is 5.48. The zero-order valence-corrected chi connectivity index (χ0v) is 21.6. The summed E-state index contributed by atoms with van der Waals surface area (Å²) in [6, 6.07) is 4.97. The molecule has 0 unspecified atom stereocenters. The summed E-state index contributed by atoms with van der Waals surface area (Å²) in [5.74, 6) is -5.67. The average molecular weight is 598 g/mol. The number of ether oxygens (including phenoxy) is 2. The van der Waals surface area contributed by atoms with Crippen LogP contribution in [0.1, 0.15) is 36.1 Å². The summed E-state index contributed by atoms with van der Waals surface area (Å²) in [7, 11) is 0. The van der Waals surface area contributed by atoms with Crippen molar-refractivity contribution in [3.05, 3.63) is 87.5 Å². The largest absolute Gasteiger partial charge is 0.462 e. The predicted molar refractivity (Wildman–Crippen MR) is 134 cm³/mol. The van der Waals surface area contributed by atoms with Crippen molar-refractivity contribution in [3.8, 4) is 0 Å². The zero-order chi connectivity index (χ0) is 31.1. The van der Waals surface area contributed by atoms with Crippen LogP contribution in [0.4, 0.5) is 35.1 Å². The van der Waals surface area contributed by atoms with Crippen LogP contribution in [-0.4, -0.2) is 48.9 Å². The van der Waals surface area contributed by atoms with Gasteiger partial charge in [0.25, 0.3) is 0 Å². The van der Waals surface area contributed by atoms with E-state index in [1.807, 2.05) is 0 Å². The fraction of sp³-hybridized carbons (Fsp3) is 0.214. The number of halogens is 8. The average Bonchev–Trinajstić information content (AvgIpc) is 3.33. The van der Waals surface area contributed by atoms with Gasteiger partial charge in [-0.15, -0.1) is 0 Å². The molecule has 42 heavy (non-hydrogen) atoms. The number of fused-ring (bicyclic) bond motifs is 2. The predicted octanol–water partition coefficient (Wildman–Crippen LogP) is 6.60. The van der Waals surface area contributed by atoms with E-state index in [2.05, 4.69) is 14.5 Å². The summed E-state index contributed by atoms with van der Waals surface area (Å²) in [6.45, 7) is 1.59. The van der Waals surface area contributed by atoms with Gasteiger partial charge in [-0.2, -0.15) is 26.3 Å². The lowest BCUT2D eigenvalue weighted by molar-refractivity contribution is -0.151. The fourth-order valence-electron chi connectivity index (χ4n) is 4.51. The zero-order valence-electron chi connectivity index (χ0n) is 21.6. The van der Waals surface area contributed by atoms with Crippen LogP contribution in [0.5, 0.6) is 0 Å². The standard InChI is InChI=1S/C28H18F8N2O4/c1-3-41-25(39)21(27(31,32)33)18-11-19(14-7-5-12(29)9-16(14)18)38-24-20(22(28(34,35)36)26(40)42-4-2)17-10-13(30)6-8-15(17)23(24)37/h5-11,37H,3-4H2,1-2H3/b21-18-,22-20-,37-23?,38-24?. The smallest absolute Gasteiger partial charge is 0.424 e. The van der Waals surface area contributed by atoms with Crippen molar-refractivity contribution in [2.75, 3.05) is 13.2 Å². The molecule has 0 bridgehead atoms. The summed E-state index contributed by atoms with van der Waals surface area (Å²) < 4.78 is 122. The number of rotatable bonds is 5. The number of esters is 2. The van der Waals surface area contributed by atoms with Gasteiger partial charge in [0.05, 0.1) is 30.3 Å². The van der Waals surface area contributed by atoms with E-state index in [1.54, 1.807) is 0 Å². The molecule has 14 heteroatoms. The molecule has 0 amide bonds. The molecule has 2 aliphatic carbocycles. The van der Waals surface area contributed by atoms with Crippen LogP contribution >= 0.6 is 0 Å². The lowest BCUT2D eigenvalue weighted by atomic mass is 9.99. The number of aliphatic imine (C=N–C) groups is 1. The lowest BCUT2D eigenvalue weighted by Gasteiger charge is -2.15. The molecule has 2 aromatic carbocycles.